The number of carbonyl (C=O) groups excluding carboxylic acids is 1. The summed E-state index contributed by atoms with van der Waals surface area (Å²) in [5.74, 6) is 0.335. The molecule has 0 bridgehead atoms. The standard InChI is InChI=1S/C22H35FN4O4/c1-4-15-8-16(5-2)10-17(9-15)11-24-18(28)13-31-21-19(23)20(25-22(29)26-21)27-6-7-30-12-14(27)3/h14-17H,4-13H2,1-3H3,(H,24,28)(H,25,26,29). The monoisotopic (exact) mass is 438 g/mol. The van der Waals surface area contributed by atoms with Gasteiger partial charge in [0.15, 0.2) is 12.4 Å². The van der Waals surface area contributed by atoms with Crippen molar-refractivity contribution in [2.45, 2.75) is 58.9 Å². The lowest BCUT2D eigenvalue weighted by molar-refractivity contribution is -0.123. The number of rotatable bonds is 8. The first-order chi connectivity index (χ1) is 14.9. The van der Waals surface area contributed by atoms with E-state index in [-0.39, 0.29) is 24.4 Å². The van der Waals surface area contributed by atoms with Crippen LogP contribution in [-0.2, 0) is 9.53 Å². The number of hydrogen-bond donors (Lipinski definition) is 2. The molecule has 0 radical (unpaired) electrons. The van der Waals surface area contributed by atoms with E-state index in [4.69, 9.17) is 9.47 Å². The summed E-state index contributed by atoms with van der Waals surface area (Å²) in [6.45, 7) is 7.85. The van der Waals surface area contributed by atoms with E-state index < -0.39 is 17.4 Å². The Morgan fingerprint density at radius 3 is 2.58 bits per heavy atom. The van der Waals surface area contributed by atoms with E-state index in [0.29, 0.717) is 44.1 Å². The van der Waals surface area contributed by atoms with Crippen LogP contribution in [0.1, 0.15) is 52.9 Å². The zero-order chi connectivity index (χ0) is 22.4. The van der Waals surface area contributed by atoms with Gasteiger partial charge in [0.05, 0.1) is 19.3 Å². The number of carbonyl (C=O) groups is 1. The molecule has 1 aliphatic carbocycles. The molecular formula is C22H35FN4O4. The third-order valence-electron chi connectivity index (χ3n) is 6.56. The van der Waals surface area contributed by atoms with E-state index in [1.54, 1.807) is 4.90 Å². The van der Waals surface area contributed by atoms with Crippen molar-refractivity contribution in [1.29, 1.82) is 0 Å². The van der Waals surface area contributed by atoms with E-state index in [0.717, 1.165) is 12.8 Å². The lowest BCUT2D eigenvalue weighted by atomic mass is 9.73. The summed E-state index contributed by atoms with van der Waals surface area (Å²) in [7, 11) is 0. The molecule has 3 atom stereocenters. The minimum atomic E-state index is -0.773. The van der Waals surface area contributed by atoms with Gasteiger partial charge in [0.1, 0.15) is 0 Å². The van der Waals surface area contributed by atoms with Crippen molar-refractivity contribution in [3.63, 3.8) is 0 Å². The molecule has 1 aromatic heterocycles. The SMILES string of the molecule is CCC1CC(CC)CC(CNC(=O)COc2nc(=O)[nH]c(N3CCOCC3C)c2F)C1. The Morgan fingerprint density at radius 1 is 1.26 bits per heavy atom. The fourth-order valence-electron chi connectivity index (χ4n) is 4.76. The normalized spacial score (nSPS) is 26.5. The number of amides is 1. The Morgan fingerprint density at radius 2 is 1.94 bits per heavy atom. The topological polar surface area (TPSA) is 96.5 Å². The highest BCUT2D eigenvalue weighted by Crippen LogP contribution is 2.36. The molecule has 0 spiro atoms. The predicted molar refractivity (Wildman–Crippen MR) is 116 cm³/mol. The lowest BCUT2D eigenvalue weighted by Crippen LogP contribution is -2.45. The minimum absolute atomic E-state index is 0.0182. The van der Waals surface area contributed by atoms with Gasteiger partial charge in [0.2, 0.25) is 5.82 Å². The first-order valence-electron chi connectivity index (χ1n) is 11.4. The van der Waals surface area contributed by atoms with Gasteiger partial charge in [-0.2, -0.15) is 9.37 Å². The highest BCUT2D eigenvalue weighted by molar-refractivity contribution is 5.77. The molecule has 2 aliphatic rings. The zero-order valence-electron chi connectivity index (χ0n) is 18.8. The number of morpholine rings is 1. The van der Waals surface area contributed by atoms with Gasteiger partial charge in [-0.15, -0.1) is 0 Å². The van der Waals surface area contributed by atoms with Crippen LogP contribution in [0.5, 0.6) is 5.88 Å². The zero-order valence-corrected chi connectivity index (χ0v) is 18.8. The fourth-order valence-corrected chi connectivity index (χ4v) is 4.76. The number of nitrogens with one attached hydrogen (secondary N) is 2. The van der Waals surface area contributed by atoms with Crippen LogP contribution < -0.4 is 20.6 Å². The second kappa shape index (κ2) is 10.9. The number of anilines is 1. The van der Waals surface area contributed by atoms with Crippen LogP contribution in [-0.4, -0.2) is 54.8 Å². The van der Waals surface area contributed by atoms with E-state index in [2.05, 4.69) is 29.1 Å². The Kier molecular flexibility index (Phi) is 8.28. The van der Waals surface area contributed by atoms with Crippen molar-refractivity contribution < 1.29 is 18.7 Å². The summed E-state index contributed by atoms with van der Waals surface area (Å²) >= 11 is 0. The quantitative estimate of drug-likeness (QED) is 0.647. The molecule has 1 aliphatic heterocycles. The lowest BCUT2D eigenvalue weighted by Gasteiger charge is -2.34. The average molecular weight is 439 g/mol. The summed E-state index contributed by atoms with van der Waals surface area (Å²) in [5.41, 5.74) is -0.719. The molecule has 174 valence electrons. The third-order valence-corrected chi connectivity index (χ3v) is 6.56. The van der Waals surface area contributed by atoms with Gasteiger partial charge < -0.3 is 19.7 Å². The molecule has 1 saturated carbocycles. The number of aromatic amines is 1. The first-order valence-corrected chi connectivity index (χ1v) is 11.4. The maximum atomic E-state index is 14.9. The Labute approximate surface area is 182 Å². The molecule has 0 aromatic carbocycles. The van der Waals surface area contributed by atoms with Crippen LogP contribution in [0.3, 0.4) is 0 Å². The molecule has 2 heterocycles. The maximum Gasteiger partial charge on any atom is 0.349 e. The smallest absolute Gasteiger partial charge is 0.349 e. The van der Waals surface area contributed by atoms with Crippen LogP contribution in [0.15, 0.2) is 4.79 Å². The third kappa shape index (κ3) is 6.18. The van der Waals surface area contributed by atoms with Gasteiger partial charge in [-0.25, -0.2) is 4.79 Å². The van der Waals surface area contributed by atoms with Crippen molar-refractivity contribution in [3.05, 3.63) is 16.3 Å². The largest absolute Gasteiger partial charge is 0.465 e. The van der Waals surface area contributed by atoms with Gasteiger partial charge in [0, 0.05) is 13.1 Å². The van der Waals surface area contributed by atoms with E-state index in [1.165, 1.54) is 19.3 Å². The van der Waals surface area contributed by atoms with Crippen LogP contribution in [0.2, 0.25) is 0 Å². The van der Waals surface area contributed by atoms with E-state index in [1.807, 2.05) is 6.92 Å². The molecule has 1 aromatic rings. The Balaban J connectivity index is 1.56. The van der Waals surface area contributed by atoms with Crippen LogP contribution >= 0.6 is 0 Å². The number of halogens is 1. The average Bonchev–Trinajstić information content (AvgIpc) is 2.78. The second-order valence-corrected chi connectivity index (χ2v) is 8.84. The number of ether oxygens (including phenoxy) is 2. The van der Waals surface area contributed by atoms with E-state index >= 15 is 0 Å². The molecule has 3 rings (SSSR count). The number of H-pyrrole nitrogens is 1. The van der Waals surface area contributed by atoms with Crippen molar-refractivity contribution in [2.24, 2.45) is 17.8 Å². The summed E-state index contributed by atoms with van der Waals surface area (Å²) in [6, 6.07) is -0.105. The van der Waals surface area contributed by atoms with Crippen LogP contribution in [0.4, 0.5) is 10.2 Å². The van der Waals surface area contributed by atoms with Gasteiger partial charge in [0.25, 0.3) is 11.8 Å². The van der Waals surface area contributed by atoms with Gasteiger partial charge in [-0.1, -0.05) is 26.7 Å². The Bertz CT molecular complexity index is 790. The number of aromatic nitrogens is 2. The van der Waals surface area contributed by atoms with Crippen molar-refractivity contribution >= 4 is 11.7 Å². The predicted octanol–water partition coefficient (Wildman–Crippen LogP) is 2.48. The highest BCUT2D eigenvalue weighted by Gasteiger charge is 2.28. The summed E-state index contributed by atoms with van der Waals surface area (Å²) in [5, 5.41) is 2.90. The fraction of sp³-hybridized carbons (Fsp3) is 0.773. The van der Waals surface area contributed by atoms with Crippen LogP contribution in [0, 0.1) is 23.6 Å². The molecular weight excluding hydrogens is 403 g/mol. The van der Waals surface area contributed by atoms with Crippen molar-refractivity contribution in [3.8, 4) is 5.88 Å². The van der Waals surface area contributed by atoms with Gasteiger partial charge in [-0.05, 0) is 43.9 Å². The molecule has 31 heavy (non-hydrogen) atoms. The van der Waals surface area contributed by atoms with E-state index in [9.17, 15) is 14.0 Å². The first kappa shape index (κ1) is 23.5. The van der Waals surface area contributed by atoms with Crippen molar-refractivity contribution in [2.75, 3.05) is 37.8 Å². The molecule has 8 nitrogen and oxygen atoms in total. The Hall–Kier alpha value is -2.16. The van der Waals surface area contributed by atoms with Crippen molar-refractivity contribution in [1.82, 2.24) is 15.3 Å². The second-order valence-electron chi connectivity index (χ2n) is 8.84. The summed E-state index contributed by atoms with van der Waals surface area (Å²) in [6.07, 6.45) is 5.86. The summed E-state index contributed by atoms with van der Waals surface area (Å²) < 4.78 is 25.6. The molecule has 3 unspecified atom stereocenters. The highest BCUT2D eigenvalue weighted by atomic mass is 19.1. The molecule has 1 saturated heterocycles. The number of nitrogens with zero attached hydrogens (tertiary/aromatic N) is 2. The molecule has 2 fully saturated rings. The number of hydrogen-bond acceptors (Lipinski definition) is 6. The molecule has 9 heteroatoms. The van der Waals surface area contributed by atoms with Crippen LogP contribution in [0.25, 0.3) is 0 Å². The summed E-state index contributed by atoms with van der Waals surface area (Å²) in [4.78, 5) is 32.0. The maximum absolute atomic E-state index is 14.9. The van der Waals surface area contributed by atoms with Gasteiger partial charge in [-0.3, -0.25) is 9.78 Å². The minimum Gasteiger partial charge on any atom is -0.465 e. The molecule has 1 amide bonds. The molecule has 2 N–H and O–H groups in total. The van der Waals surface area contributed by atoms with Gasteiger partial charge >= 0.3 is 5.69 Å².